The molecule has 0 saturated carbocycles. The molecule has 0 bridgehead atoms. The Labute approximate surface area is 133 Å². The van der Waals surface area contributed by atoms with Gasteiger partial charge in [-0.15, -0.1) is 0 Å². The van der Waals surface area contributed by atoms with Crippen molar-refractivity contribution in [2.24, 2.45) is 10.7 Å². The van der Waals surface area contributed by atoms with Crippen molar-refractivity contribution in [1.29, 1.82) is 0 Å². The van der Waals surface area contributed by atoms with E-state index in [2.05, 4.69) is 4.99 Å². The molecule has 0 fully saturated rings. The van der Waals surface area contributed by atoms with E-state index in [0.717, 1.165) is 5.56 Å². The third-order valence-electron chi connectivity index (χ3n) is 2.92. The number of amidine groups is 1. The van der Waals surface area contributed by atoms with E-state index in [0.29, 0.717) is 22.4 Å². The molecular weight excluding hydrogens is 303 g/mol. The van der Waals surface area contributed by atoms with Crippen LogP contribution in [0.15, 0.2) is 47.5 Å². The minimum atomic E-state index is -0.388. The normalized spacial score (nSPS) is 11.3. The van der Waals surface area contributed by atoms with Crippen molar-refractivity contribution in [2.75, 3.05) is 14.2 Å². The molecule has 0 radical (unpaired) electrons. The molecule has 2 N–H and O–H groups in total. The number of benzene rings is 2. The minimum absolute atomic E-state index is 0.226. The second kappa shape index (κ2) is 7.70. The van der Waals surface area contributed by atoms with Crippen molar-refractivity contribution in [3.05, 3.63) is 53.8 Å². The van der Waals surface area contributed by atoms with Crippen LogP contribution in [-0.2, 0) is 5.75 Å². The summed E-state index contributed by atoms with van der Waals surface area (Å²) in [5, 5.41) is 0.390. The van der Waals surface area contributed by atoms with Gasteiger partial charge < -0.3 is 15.2 Å². The van der Waals surface area contributed by atoms with E-state index >= 15 is 0 Å². The van der Waals surface area contributed by atoms with Gasteiger partial charge in [0.25, 0.3) is 0 Å². The maximum absolute atomic E-state index is 13.6. The molecule has 0 aromatic heterocycles. The third-order valence-corrected chi connectivity index (χ3v) is 3.78. The summed E-state index contributed by atoms with van der Waals surface area (Å²) in [4.78, 5) is 4.31. The standard InChI is InChI=1S/C16H17FN2O2S/c1-20-14-8-7-11(9-12(14)17)10-22-16(18)19-13-5-3-4-6-15(13)21-2/h3-9H,10H2,1-2H3,(H2,18,19). The van der Waals surface area contributed by atoms with Gasteiger partial charge in [-0.25, -0.2) is 9.38 Å². The van der Waals surface area contributed by atoms with Gasteiger partial charge >= 0.3 is 0 Å². The van der Waals surface area contributed by atoms with Gasteiger partial charge in [0.15, 0.2) is 16.7 Å². The average Bonchev–Trinajstić information content (AvgIpc) is 2.53. The number of hydrogen-bond acceptors (Lipinski definition) is 4. The number of rotatable bonds is 5. The van der Waals surface area contributed by atoms with Gasteiger partial charge in [0.2, 0.25) is 0 Å². The first-order chi connectivity index (χ1) is 10.6. The van der Waals surface area contributed by atoms with Crippen LogP contribution in [0.2, 0.25) is 0 Å². The Morgan fingerprint density at radius 1 is 1.14 bits per heavy atom. The summed E-state index contributed by atoms with van der Waals surface area (Å²) in [6.45, 7) is 0. The second-order valence-electron chi connectivity index (χ2n) is 4.38. The average molecular weight is 320 g/mol. The molecule has 6 heteroatoms. The van der Waals surface area contributed by atoms with E-state index in [9.17, 15) is 4.39 Å². The predicted molar refractivity (Wildman–Crippen MR) is 88.5 cm³/mol. The molecule has 116 valence electrons. The molecule has 0 atom stereocenters. The van der Waals surface area contributed by atoms with Gasteiger partial charge in [0.05, 0.1) is 14.2 Å². The highest BCUT2D eigenvalue weighted by atomic mass is 32.2. The number of ether oxygens (including phenoxy) is 2. The van der Waals surface area contributed by atoms with Crippen LogP contribution in [0.3, 0.4) is 0 Å². The Morgan fingerprint density at radius 3 is 2.55 bits per heavy atom. The Hall–Kier alpha value is -2.21. The van der Waals surface area contributed by atoms with Crippen LogP contribution in [0.25, 0.3) is 0 Å². The van der Waals surface area contributed by atoms with Gasteiger partial charge in [-0.2, -0.15) is 0 Å². The van der Waals surface area contributed by atoms with Crippen LogP contribution in [0.4, 0.5) is 10.1 Å². The fraction of sp³-hybridized carbons (Fsp3) is 0.188. The summed E-state index contributed by atoms with van der Waals surface area (Å²) in [6.07, 6.45) is 0. The first-order valence-electron chi connectivity index (χ1n) is 6.56. The number of nitrogens with zero attached hydrogens (tertiary/aromatic N) is 1. The van der Waals surface area contributed by atoms with Gasteiger partial charge in [-0.05, 0) is 29.8 Å². The number of thioether (sulfide) groups is 1. The van der Waals surface area contributed by atoms with E-state index in [1.165, 1.54) is 24.9 Å². The Kier molecular flexibility index (Phi) is 5.66. The van der Waals surface area contributed by atoms with Crippen LogP contribution in [0.1, 0.15) is 5.56 Å². The van der Waals surface area contributed by atoms with Crippen molar-refractivity contribution in [3.63, 3.8) is 0 Å². The van der Waals surface area contributed by atoms with Crippen molar-refractivity contribution >= 4 is 22.6 Å². The lowest BCUT2D eigenvalue weighted by Gasteiger charge is -2.06. The summed E-state index contributed by atoms with van der Waals surface area (Å²) < 4.78 is 23.7. The van der Waals surface area contributed by atoms with Crippen molar-refractivity contribution in [1.82, 2.24) is 0 Å². The van der Waals surface area contributed by atoms with Crippen LogP contribution < -0.4 is 15.2 Å². The fourth-order valence-corrected chi connectivity index (χ4v) is 2.49. The van der Waals surface area contributed by atoms with Crippen molar-refractivity contribution in [2.45, 2.75) is 5.75 Å². The molecule has 0 unspecified atom stereocenters. The molecule has 0 aliphatic heterocycles. The quantitative estimate of drug-likeness (QED) is 0.674. The molecule has 0 amide bonds. The Morgan fingerprint density at radius 2 is 1.86 bits per heavy atom. The van der Waals surface area contributed by atoms with E-state index in [1.54, 1.807) is 19.2 Å². The molecule has 2 aromatic carbocycles. The Bertz CT molecular complexity index is 677. The van der Waals surface area contributed by atoms with Crippen LogP contribution in [0.5, 0.6) is 11.5 Å². The van der Waals surface area contributed by atoms with E-state index in [-0.39, 0.29) is 11.6 Å². The first-order valence-corrected chi connectivity index (χ1v) is 7.55. The zero-order valence-electron chi connectivity index (χ0n) is 12.4. The number of hydrogen-bond donors (Lipinski definition) is 1. The lowest BCUT2D eigenvalue weighted by Crippen LogP contribution is -2.06. The lowest BCUT2D eigenvalue weighted by molar-refractivity contribution is 0.386. The van der Waals surface area contributed by atoms with Crippen molar-refractivity contribution < 1.29 is 13.9 Å². The largest absolute Gasteiger partial charge is 0.494 e. The molecule has 22 heavy (non-hydrogen) atoms. The Balaban J connectivity index is 2.04. The predicted octanol–water partition coefficient (Wildman–Crippen LogP) is 3.72. The van der Waals surface area contributed by atoms with Crippen LogP contribution >= 0.6 is 11.8 Å². The van der Waals surface area contributed by atoms with E-state index < -0.39 is 0 Å². The number of nitrogens with two attached hydrogens (primary N) is 1. The minimum Gasteiger partial charge on any atom is -0.494 e. The lowest BCUT2D eigenvalue weighted by atomic mass is 10.2. The number of halogens is 1. The zero-order chi connectivity index (χ0) is 15.9. The van der Waals surface area contributed by atoms with Crippen LogP contribution in [-0.4, -0.2) is 19.4 Å². The van der Waals surface area contributed by atoms with Crippen LogP contribution in [0, 0.1) is 5.82 Å². The summed E-state index contributed by atoms with van der Waals surface area (Å²) in [7, 11) is 3.02. The third kappa shape index (κ3) is 4.14. The number of methoxy groups -OCH3 is 2. The highest BCUT2D eigenvalue weighted by molar-refractivity contribution is 8.13. The molecule has 0 aliphatic carbocycles. The molecule has 0 spiro atoms. The fourth-order valence-electron chi connectivity index (χ4n) is 1.83. The molecule has 2 aromatic rings. The topological polar surface area (TPSA) is 56.8 Å². The number of para-hydroxylation sites is 2. The monoisotopic (exact) mass is 320 g/mol. The smallest absolute Gasteiger partial charge is 0.165 e. The second-order valence-corrected chi connectivity index (χ2v) is 5.38. The molecule has 0 aliphatic rings. The SMILES string of the molecule is COc1ccc(CSC(N)=Nc2ccccc2OC)cc1F. The van der Waals surface area contributed by atoms with E-state index in [1.807, 2.05) is 24.3 Å². The molecule has 4 nitrogen and oxygen atoms in total. The zero-order valence-corrected chi connectivity index (χ0v) is 13.2. The first kappa shape index (κ1) is 16.2. The van der Waals surface area contributed by atoms with Gasteiger partial charge in [-0.3, -0.25) is 0 Å². The highest BCUT2D eigenvalue weighted by Crippen LogP contribution is 2.28. The maximum Gasteiger partial charge on any atom is 0.165 e. The van der Waals surface area contributed by atoms with Crippen molar-refractivity contribution in [3.8, 4) is 11.5 Å². The summed E-state index contributed by atoms with van der Waals surface area (Å²) >= 11 is 1.33. The highest BCUT2D eigenvalue weighted by Gasteiger charge is 2.05. The molecule has 2 rings (SSSR count). The summed E-state index contributed by atoms with van der Waals surface area (Å²) in [6, 6.07) is 12.2. The maximum atomic E-state index is 13.6. The van der Waals surface area contributed by atoms with Gasteiger partial charge in [0, 0.05) is 5.75 Å². The number of aliphatic imine (C=N–C) groups is 1. The summed E-state index contributed by atoms with van der Waals surface area (Å²) in [5.41, 5.74) is 7.38. The molecular formula is C16H17FN2O2S. The van der Waals surface area contributed by atoms with E-state index in [4.69, 9.17) is 15.2 Å². The molecule has 0 saturated heterocycles. The van der Waals surface area contributed by atoms with Gasteiger partial charge in [-0.1, -0.05) is 30.0 Å². The summed E-state index contributed by atoms with van der Waals surface area (Å²) in [5.74, 6) is 1.01. The molecule has 0 heterocycles. The van der Waals surface area contributed by atoms with Gasteiger partial charge in [0.1, 0.15) is 11.4 Å².